The van der Waals surface area contributed by atoms with Crippen LogP contribution in [0, 0.1) is 5.92 Å². The smallest absolute Gasteiger partial charge is 0.243 e. The van der Waals surface area contributed by atoms with E-state index in [1.165, 1.54) is 6.92 Å². The Morgan fingerprint density at radius 2 is 1.70 bits per heavy atom. The maximum Gasteiger partial charge on any atom is 0.243 e. The zero-order valence-electron chi connectivity index (χ0n) is 14.6. The van der Waals surface area contributed by atoms with Crippen LogP contribution in [0.4, 0.5) is 0 Å². The Morgan fingerprint density at radius 3 is 2.17 bits per heavy atom. The van der Waals surface area contributed by atoms with Gasteiger partial charge in [-0.05, 0) is 31.0 Å². The summed E-state index contributed by atoms with van der Waals surface area (Å²) in [4.78, 5) is 23.7. The molecule has 1 aromatic rings. The Morgan fingerprint density at radius 1 is 1.04 bits per heavy atom. The molecule has 0 bridgehead atoms. The van der Waals surface area contributed by atoms with E-state index in [9.17, 15) is 9.59 Å². The molecule has 1 aromatic carbocycles. The number of nitrogens with one attached hydrogen (secondary N) is 2. The van der Waals surface area contributed by atoms with Crippen molar-refractivity contribution in [1.82, 2.24) is 10.6 Å². The molecule has 6 nitrogen and oxygen atoms in total. The number of carbonyl (C=O) groups excluding carboxylic acids is 2. The summed E-state index contributed by atoms with van der Waals surface area (Å²) in [5.41, 5.74) is 0.811. The van der Waals surface area contributed by atoms with Gasteiger partial charge in [0.1, 0.15) is 17.5 Å². The van der Waals surface area contributed by atoms with Gasteiger partial charge in [-0.15, -0.1) is 0 Å². The van der Waals surface area contributed by atoms with E-state index in [0.717, 1.165) is 5.56 Å². The predicted molar refractivity (Wildman–Crippen MR) is 88.5 cm³/mol. The first-order valence-corrected chi connectivity index (χ1v) is 7.59. The van der Waals surface area contributed by atoms with Gasteiger partial charge in [0.15, 0.2) is 0 Å². The van der Waals surface area contributed by atoms with Gasteiger partial charge in [0.25, 0.3) is 0 Å². The van der Waals surface area contributed by atoms with Crippen molar-refractivity contribution in [2.45, 2.75) is 39.8 Å². The lowest BCUT2D eigenvalue weighted by molar-refractivity contribution is -0.129. The predicted octanol–water partition coefficient (Wildman–Crippen LogP) is 2.04. The average molecular weight is 322 g/mol. The van der Waals surface area contributed by atoms with Gasteiger partial charge in [0, 0.05) is 12.5 Å². The van der Waals surface area contributed by atoms with Crippen molar-refractivity contribution in [3.63, 3.8) is 0 Å². The third kappa shape index (κ3) is 5.16. The van der Waals surface area contributed by atoms with Gasteiger partial charge < -0.3 is 20.1 Å². The maximum atomic E-state index is 12.5. The fraction of sp³-hybridized carbons (Fsp3) is 0.529. The lowest BCUT2D eigenvalue weighted by Gasteiger charge is -2.24. The standard InChI is InChI=1S/C17H26N2O4/c1-10(2)16(19-12(4)20)17(21)18-11(3)14-9-13(22-5)7-8-15(14)23-6/h7-11,16H,1-6H3,(H,18,21)(H,19,20)/t11-,16+/m0/s1. The van der Waals surface area contributed by atoms with Gasteiger partial charge in [0.05, 0.1) is 20.3 Å². The first-order chi connectivity index (χ1) is 10.8. The summed E-state index contributed by atoms with van der Waals surface area (Å²) in [6.45, 7) is 7.03. The minimum atomic E-state index is -0.577. The third-order valence-electron chi connectivity index (χ3n) is 3.57. The number of rotatable bonds is 7. The van der Waals surface area contributed by atoms with Crippen LogP contribution < -0.4 is 20.1 Å². The van der Waals surface area contributed by atoms with Gasteiger partial charge in [-0.1, -0.05) is 13.8 Å². The summed E-state index contributed by atoms with van der Waals surface area (Å²) >= 11 is 0. The SMILES string of the molecule is COc1ccc(OC)c([C@H](C)NC(=O)[C@H](NC(C)=O)C(C)C)c1. The molecule has 6 heteroatoms. The Hall–Kier alpha value is -2.24. The lowest BCUT2D eigenvalue weighted by atomic mass is 10.0. The molecular weight excluding hydrogens is 296 g/mol. The van der Waals surface area contributed by atoms with Crippen LogP contribution in [0.25, 0.3) is 0 Å². The molecule has 0 saturated carbocycles. The van der Waals surface area contributed by atoms with Crippen LogP contribution >= 0.6 is 0 Å². The summed E-state index contributed by atoms with van der Waals surface area (Å²) in [6, 6.07) is 4.55. The summed E-state index contributed by atoms with van der Waals surface area (Å²) in [5, 5.41) is 5.60. The van der Waals surface area contributed by atoms with Gasteiger partial charge in [-0.25, -0.2) is 0 Å². The minimum absolute atomic E-state index is 0.0155. The summed E-state index contributed by atoms with van der Waals surface area (Å²) < 4.78 is 10.6. The van der Waals surface area contributed by atoms with Gasteiger partial charge in [0.2, 0.25) is 11.8 Å². The maximum absolute atomic E-state index is 12.5. The first-order valence-electron chi connectivity index (χ1n) is 7.59. The zero-order valence-corrected chi connectivity index (χ0v) is 14.6. The quantitative estimate of drug-likeness (QED) is 0.805. The molecule has 2 N–H and O–H groups in total. The molecule has 1 rings (SSSR count). The first kappa shape index (κ1) is 18.8. The van der Waals surface area contributed by atoms with E-state index in [2.05, 4.69) is 10.6 Å². The Kier molecular flexibility index (Phi) is 6.88. The molecule has 0 aromatic heterocycles. The van der Waals surface area contributed by atoms with Crippen LogP contribution in [-0.2, 0) is 9.59 Å². The fourth-order valence-corrected chi connectivity index (χ4v) is 2.31. The molecule has 0 unspecified atom stereocenters. The highest BCUT2D eigenvalue weighted by atomic mass is 16.5. The largest absolute Gasteiger partial charge is 0.497 e. The highest BCUT2D eigenvalue weighted by Gasteiger charge is 2.25. The number of carbonyl (C=O) groups is 2. The van der Waals surface area contributed by atoms with Crippen molar-refractivity contribution >= 4 is 11.8 Å². The molecule has 0 aliphatic rings. The molecule has 0 aliphatic carbocycles. The van der Waals surface area contributed by atoms with Crippen molar-refractivity contribution in [2.24, 2.45) is 5.92 Å². The lowest BCUT2D eigenvalue weighted by Crippen LogP contribution is -2.49. The van der Waals surface area contributed by atoms with E-state index in [0.29, 0.717) is 11.5 Å². The van der Waals surface area contributed by atoms with Crippen LogP contribution in [0.5, 0.6) is 11.5 Å². The normalized spacial score (nSPS) is 13.2. The molecular formula is C17H26N2O4. The van der Waals surface area contributed by atoms with Gasteiger partial charge in [-0.3, -0.25) is 9.59 Å². The van der Waals surface area contributed by atoms with Crippen molar-refractivity contribution in [2.75, 3.05) is 14.2 Å². The van der Waals surface area contributed by atoms with Crippen LogP contribution in [-0.4, -0.2) is 32.1 Å². The zero-order chi connectivity index (χ0) is 17.6. The van der Waals surface area contributed by atoms with Gasteiger partial charge in [-0.2, -0.15) is 0 Å². The Bertz CT molecular complexity index is 558. The second-order valence-corrected chi connectivity index (χ2v) is 5.76. The highest BCUT2D eigenvalue weighted by molar-refractivity contribution is 5.87. The van der Waals surface area contributed by atoms with E-state index >= 15 is 0 Å². The van der Waals surface area contributed by atoms with Crippen LogP contribution in [0.15, 0.2) is 18.2 Å². The molecule has 0 saturated heterocycles. The average Bonchev–Trinajstić information content (AvgIpc) is 2.51. The van der Waals surface area contributed by atoms with Crippen molar-refractivity contribution in [3.8, 4) is 11.5 Å². The number of ether oxygens (including phenoxy) is 2. The Balaban J connectivity index is 2.95. The van der Waals surface area contributed by atoms with E-state index in [4.69, 9.17) is 9.47 Å². The minimum Gasteiger partial charge on any atom is -0.497 e. The van der Waals surface area contributed by atoms with Crippen LogP contribution in [0.3, 0.4) is 0 Å². The molecule has 0 radical (unpaired) electrons. The van der Waals surface area contributed by atoms with E-state index in [-0.39, 0.29) is 23.8 Å². The van der Waals surface area contributed by atoms with Gasteiger partial charge >= 0.3 is 0 Å². The molecule has 23 heavy (non-hydrogen) atoms. The second-order valence-electron chi connectivity index (χ2n) is 5.76. The van der Waals surface area contributed by atoms with Crippen molar-refractivity contribution in [1.29, 1.82) is 0 Å². The molecule has 2 atom stereocenters. The molecule has 2 amide bonds. The van der Waals surface area contributed by atoms with Crippen molar-refractivity contribution < 1.29 is 19.1 Å². The fourth-order valence-electron chi connectivity index (χ4n) is 2.31. The summed E-state index contributed by atoms with van der Waals surface area (Å²) in [7, 11) is 3.16. The van der Waals surface area contributed by atoms with E-state index in [1.807, 2.05) is 26.8 Å². The van der Waals surface area contributed by atoms with E-state index in [1.54, 1.807) is 26.4 Å². The van der Waals surface area contributed by atoms with Crippen molar-refractivity contribution in [3.05, 3.63) is 23.8 Å². The summed E-state index contributed by atoms with van der Waals surface area (Å²) in [6.07, 6.45) is 0. The molecule has 0 aliphatic heterocycles. The number of hydrogen-bond acceptors (Lipinski definition) is 4. The molecule has 0 spiro atoms. The van der Waals surface area contributed by atoms with Crippen LogP contribution in [0.2, 0.25) is 0 Å². The molecule has 0 fully saturated rings. The second kappa shape index (κ2) is 8.41. The number of amides is 2. The highest BCUT2D eigenvalue weighted by Crippen LogP contribution is 2.29. The topological polar surface area (TPSA) is 76.7 Å². The monoisotopic (exact) mass is 322 g/mol. The Labute approximate surface area is 137 Å². The van der Waals surface area contributed by atoms with Crippen LogP contribution in [0.1, 0.15) is 39.3 Å². The molecule has 128 valence electrons. The number of benzene rings is 1. The van der Waals surface area contributed by atoms with E-state index < -0.39 is 6.04 Å². The number of methoxy groups -OCH3 is 2. The summed E-state index contributed by atoms with van der Waals surface area (Å²) in [5.74, 6) is 0.875. The third-order valence-corrected chi connectivity index (χ3v) is 3.57. The number of hydrogen-bond donors (Lipinski definition) is 2. The molecule has 0 heterocycles.